The predicted molar refractivity (Wildman–Crippen MR) is 72.7 cm³/mol. The first-order valence-corrected chi connectivity index (χ1v) is 6.79. The van der Waals surface area contributed by atoms with E-state index >= 15 is 0 Å². The molecule has 98 valence electrons. The van der Waals surface area contributed by atoms with Crippen molar-refractivity contribution in [2.45, 2.75) is 18.2 Å². The van der Waals surface area contributed by atoms with Crippen LogP contribution in [-0.2, 0) is 14.9 Å². The fourth-order valence-electron chi connectivity index (χ4n) is 1.38. The largest absolute Gasteiger partial charge is 0.469 e. The number of carbonyl (C=O) groups is 2. The van der Waals surface area contributed by atoms with Gasteiger partial charge < -0.3 is 10.1 Å². The van der Waals surface area contributed by atoms with Crippen molar-refractivity contribution in [3.63, 3.8) is 0 Å². The summed E-state index contributed by atoms with van der Waals surface area (Å²) in [5, 5.41) is 3.53. The topological polar surface area (TPSA) is 55.4 Å². The smallest absolute Gasteiger partial charge is 0.305 e. The van der Waals surface area contributed by atoms with E-state index in [1.165, 1.54) is 7.11 Å². The molecule has 1 amide bonds. The lowest BCUT2D eigenvalue weighted by Gasteiger charge is -2.05. The molecule has 1 rings (SSSR count). The Morgan fingerprint density at radius 3 is 2.50 bits per heavy atom. The molecule has 0 saturated heterocycles. The molecular weight excluding hydrogens is 298 g/mol. The van der Waals surface area contributed by atoms with Gasteiger partial charge in [-0.15, -0.1) is 0 Å². The lowest BCUT2D eigenvalue weighted by molar-refractivity contribution is -0.140. The summed E-state index contributed by atoms with van der Waals surface area (Å²) in [6.45, 7) is 0.466. The number of alkyl halides is 1. The van der Waals surface area contributed by atoms with Crippen LogP contribution in [0.5, 0.6) is 0 Å². The van der Waals surface area contributed by atoms with E-state index in [1.807, 2.05) is 12.1 Å². The van der Waals surface area contributed by atoms with Gasteiger partial charge in [-0.25, -0.2) is 0 Å². The second-order valence-corrected chi connectivity index (χ2v) is 4.33. The highest BCUT2D eigenvalue weighted by Crippen LogP contribution is 2.07. The molecule has 5 heteroatoms. The standard InChI is InChI=1S/C13H16BrNO3/c1-18-12(16)3-2-8-15-13(17)11-6-4-10(9-14)5-7-11/h4-7H,2-3,8-9H2,1H3,(H,15,17). The van der Waals surface area contributed by atoms with Crippen LogP contribution in [0.25, 0.3) is 0 Å². The number of esters is 1. The van der Waals surface area contributed by atoms with Crippen molar-refractivity contribution in [1.82, 2.24) is 5.32 Å². The zero-order valence-electron chi connectivity index (χ0n) is 10.2. The minimum Gasteiger partial charge on any atom is -0.469 e. The SMILES string of the molecule is COC(=O)CCCNC(=O)c1ccc(CBr)cc1. The number of hydrogen-bond donors (Lipinski definition) is 1. The summed E-state index contributed by atoms with van der Waals surface area (Å²) in [6, 6.07) is 7.37. The molecule has 1 aromatic carbocycles. The molecule has 0 radical (unpaired) electrons. The van der Waals surface area contributed by atoms with Gasteiger partial charge in [0, 0.05) is 23.9 Å². The van der Waals surface area contributed by atoms with E-state index in [4.69, 9.17) is 0 Å². The average molecular weight is 314 g/mol. The van der Waals surface area contributed by atoms with Crippen molar-refractivity contribution >= 4 is 27.8 Å². The Morgan fingerprint density at radius 1 is 1.28 bits per heavy atom. The maximum Gasteiger partial charge on any atom is 0.305 e. The summed E-state index contributed by atoms with van der Waals surface area (Å²) in [6.07, 6.45) is 0.900. The molecule has 0 spiro atoms. The first-order chi connectivity index (χ1) is 8.67. The third-order valence-electron chi connectivity index (χ3n) is 2.44. The number of nitrogens with one attached hydrogen (secondary N) is 1. The fraction of sp³-hybridized carbons (Fsp3) is 0.385. The van der Waals surface area contributed by atoms with E-state index in [9.17, 15) is 9.59 Å². The molecule has 0 unspecified atom stereocenters. The van der Waals surface area contributed by atoms with Crippen LogP contribution in [0, 0.1) is 0 Å². The summed E-state index contributed by atoms with van der Waals surface area (Å²) in [5.74, 6) is -0.382. The van der Waals surface area contributed by atoms with Crippen molar-refractivity contribution in [3.8, 4) is 0 Å². The van der Waals surface area contributed by atoms with E-state index < -0.39 is 0 Å². The van der Waals surface area contributed by atoms with E-state index in [1.54, 1.807) is 12.1 Å². The van der Waals surface area contributed by atoms with E-state index in [0.717, 1.165) is 10.9 Å². The van der Waals surface area contributed by atoms with Crippen molar-refractivity contribution in [2.24, 2.45) is 0 Å². The monoisotopic (exact) mass is 313 g/mol. The highest BCUT2D eigenvalue weighted by molar-refractivity contribution is 9.08. The lowest BCUT2D eigenvalue weighted by Crippen LogP contribution is -2.24. The van der Waals surface area contributed by atoms with E-state index in [2.05, 4.69) is 26.0 Å². The molecule has 0 fully saturated rings. The van der Waals surface area contributed by atoms with Crippen LogP contribution >= 0.6 is 15.9 Å². The summed E-state index contributed by atoms with van der Waals surface area (Å²) < 4.78 is 4.51. The number of methoxy groups -OCH3 is 1. The molecule has 0 saturated carbocycles. The Kier molecular flexibility index (Phi) is 6.43. The number of benzene rings is 1. The Hall–Kier alpha value is -1.36. The number of hydrogen-bond acceptors (Lipinski definition) is 3. The first kappa shape index (κ1) is 14.7. The van der Waals surface area contributed by atoms with Gasteiger partial charge in [0.25, 0.3) is 5.91 Å². The fourth-order valence-corrected chi connectivity index (χ4v) is 1.76. The number of amides is 1. The molecule has 0 bridgehead atoms. The minimum atomic E-state index is -0.258. The van der Waals surface area contributed by atoms with Gasteiger partial charge in [-0.2, -0.15) is 0 Å². The molecule has 0 aliphatic rings. The second kappa shape index (κ2) is 7.87. The van der Waals surface area contributed by atoms with E-state index in [0.29, 0.717) is 24.9 Å². The Morgan fingerprint density at radius 2 is 1.94 bits per heavy atom. The molecule has 1 N–H and O–H groups in total. The molecule has 1 aromatic rings. The molecule has 0 atom stereocenters. The van der Waals surface area contributed by atoms with Crippen LogP contribution in [0.15, 0.2) is 24.3 Å². The highest BCUT2D eigenvalue weighted by atomic mass is 79.9. The van der Waals surface area contributed by atoms with Crippen molar-refractivity contribution in [1.29, 1.82) is 0 Å². The van der Waals surface area contributed by atoms with Gasteiger partial charge in [-0.3, -0.25) is 9.59 Å². The van der Waals surface area contributed by atoms with Crippen LogP contribution in [0.2, 0.25) is 0 Å². The molecule has 4 nitrogen and oxygen atoms in total. The van der Waals surface area contributed by atoms with Gasteiger partial charge in [-0.1, -0.05) is 28.1 Å². The molecule has 18 heavy (non-hydrogen) atoms. The Bertz CT molecular complexity index is 403. The van der Waals surface area contributed by atoms with Gasteiger partial charge >= 0.3 is 5.97 Å². The summed E-state index contributed by atoms with van der Waals surface area (Å²) in [5.41, 5.74) is 1.75. The third-order valence-corrected chi connectivity index (χ3v) is 3.09. The molecule has 0 aliphatic heterocycles. The quantitative estimate of drug-likeness (QED) is 0.498. The first-order valence-electron chi connectivity index (χ1n) is 5.67. The zero-order chi connectivity index (χ0) is 13.4. The maximum absolute atomic E-state index is 11.7. The molecule has 0 heterocycles. The minimum absolute atomic E-state index is 0.124. The van der Waals surface area contributed by atoms with Crippen LogP contribution in [0.4, 0.5) is 0 Å². The number of rotatable bonds is 6. The zero-order valence-corrected chi connectivity index (χ0v) is 11.8. The normalized spacial score (nSPS) is 9.89. The van der Waals surface area contributed by atoms with E-state index in [-0.39, 0.29) is 11.9 Å². The second-order valence-electron chi connectivity index (χ2n) is 3.77. The maximum atomic E-state index is 11.7. The number of halogens is 1. The van der Waals surface area contributed by atoms with Crippen molar-refractivity contribution in [2.75, 3.05) is 13.7 Å². The molecule has 0 aromatic heterocycles. The summed E-state index contributed by atoms with van der Waals surface area (Å²) in [7, 11) is 1.35. The Labute approximate surface area is 115 Å². The van der Waals surface area contributed by atoms with Crippen LogP contribution in [-0.4, -0.2) is 25.5 Å². The number of carbonyl (C=O) groups excluding carboxylic acids is 2. The van der Waals surface area contributed by atoms with Gasteiger partial charge in [-0.05, 0) is 24.1 Å². The van der Waals surface area contributed by atoms with Crippen LogP contribution in [0.3, 0.4) is 0 Å². The average Bonchev–Trinajstić information content (AvgIpc) is 2.43. The third kappa shape index (κ3) is 4.87. The van der Waals surface area contributed by atoms with Crippen molar-refractivity contribution in [3.05, 3.63) is 35.4 Å². The van der Waals surface area contributed by atoms with Crippen LogP contribution < -0.4 is 5.32 Å². The molecule has 0 aliphatic carbocycles. The van der Waals surface area contributed by atoms with Gasteiger partial charge in [0.05, 0.1) is 7.11 Å². The van der Waals surface area contributed by atoms with Crippen LogP contribution in [0.1, 0.15) is 28.8 Å². The number of ether oxygens (including phenoxy) is 1. The summed E-state index contributed by atoms with van der Waals surface area (Å²) in [4.78, 5) is 22.6. The lowest BCUT2D eigenvalue weighted by atomic mass is 10.1. The Balaban J connectivity index is 2.33. The summed E-state index contributed by atoms with van der Waals surface area (Å²) >= 11 is 3.35. The van der Waals surface area contributed by atoms with Gasteiger partial charge in [0.15, 0.2) is 0 Å². The van der Waals surface area contributed by atoms with Gasteiger partial charge in [0.2, 0.25) is 0 Å². The molecular formula is C13H16BrNO3. The predicted octanol–water partition coefficient (Wildman–Crippen LogP) is 2.26. The van der Waals surface area contributed by atoms with Gasteiger partial charge in [0.1, 0.15) is 0 Å². The highest BCUT2D eigenvalue weighted by Gasteiger charge is 2.05. The van der Waals surface area contributed by atoms with Crippen molar-refractivity contribution < 1.29 is 14.3 Å².